The fraction of sp³-hybridized carbons (Fsp3) is 0.0833. The number of aromatic nitrogens is 2. The van der Waals surface area contributed by atoms with E-state index >= 15 is 0 Å². The van der Waals surface area contributed by atoms with Crippen LogP contribution in [0.25, 0.3) is 22.0 Å². The molecule has 0 unspecified atom stereocenters. The molecule has 0 saturated heterocycles. The van der Waals surface area contributed by atoms with Crippen LogP contribution in [-0.4, -0.2) is 34.8 Å². The van der Waals surface area contributed by atoms with Crippen molar-refractivity contribution in [2.75, 3.05) is 18.1 Å². The Morgan fingerprint density at radius 1 is 0.906 bits per heavy atom. The van der Waals surface area contributed by atoms with Gasteiger partial charge in [0.05, 0.1) is 5.75 Å². The number of carbonyl (C=O) groups is 2. The highest BCUT2D eigenvalue weighted by Crippen LogP contribution is 2.31. The summed E-state index contributed by atoms with van der Waals surface area (Å²) in [5.74, 6) is -0.553. The quantitative estimate of drug-likeness (QED) is 0.425. The number of hydrogen-bond donors (Lipinski definition) is 2. The second-order valence-corrected chi connectivity index (χ2v) is 7.86. The van der Waals surface area contributed by atoms with Crippen LogP contribution in [0.4, 0.5) is 10.1 Å². The molecule has 0 aliphatic heterocycles. The van der Waals surface area contributed by atoms with Gasteiger partial charge in [-0.3, -0.25) is 9.59 Å². The van der Waals surface area contributed by atoms with E-state index in [0.717, 1.165) is 16.3 Å². The maximum Gasteiger partial charge on any atom is 0.251 e. The van der Waals surface area contributed by atoms with E-state index in [1.54, 1.807) is 43.4 Å². The number of rotatable bonds is 6. The van der Waals surface area contributed by atoms with Gasteiger partial charge >= 0.3 is 0 Å². The van der Waals surface area contributed by atoms with E-state index in [9.17, 15) is 14.0 Å². The lowest BCUT2D eigenvalue weighted by Gasteiger charge is -2.10. The molecular formula is C24H19FN4O2S. The van der Waals surface area contributed by atoms with Gasteiger partial charge in [0.1, 0.15) is 16.5 Å². The molecule has 0 spiro atoms. The van der Waals surface area contributed by atoms with E-state index in [1.165, 1.54) is 23.9 Å². The summed E-state index contributed by atoms with van der Waals surface area (Å²) in [5.41, 5.74) is 2.55. The molecule has 32 heavy (non-hydrogen) atoms. The van der Waals surface area contributed by atoms with Gasteiger partial charge in [-0.15, -0.1) is 10.2 Å². The molecule has 160 valence electrons. The third-order valence-electron chi connectivity index (χ3n) is 4.77. The summed E-state index contributed by atoms with van der Waals surface area (Å²) in [4.78, 5) is 24.0. The first-order chi connectivity index (χ1) is 15.5. The molecule has 8 heteroatoms. The Kier molecular flexibility index (Phi) is 6.42. The van der Waals surface area contributed by atoms with Gasteiger partial charge in [0.25, 0.3) is 5.91 Å². The molecule has 4 rings (SSSR count). The highest BCUT2D eigenvalue weighted by atomic mass is 32.2. The molecule has 0 saturated carbocycles. The van der Waals surface area contributed by atoms with Crippen LogP contribution in [0, 0.1) is 5.82 Å². The maximum absolute atomic E-state index is 13.3. The van der Waals surface area contributed by atoms with Crippen molar-refractivity contribution in [2.45, 2.75) is 5.03 Å². The van der Waals surface area contributed by atoms with E-state index < -0.39 is 0 Å². The number of carbonyl (C=O) groups excluding carboxylic acids is 2. The SMILES string of the molecule is CNC(=O)c1ccc(NC(=O)CSc2nnc(-c3ccc(F)cc3)c3ccccc23)cc1. The van der Waals surface area contributed by atoms with Crippen LogP contribution >= 0.6 is 11.8 Å². The van der Waals surface area contributed by atoms with Gasteiger partial charge in [-0.1, -0.05) is 36.0 Å². The van der Waals surface area contributed by atoms with Gasteiger partial charge < -0.3 is 10.6 Å². The summed E-state index contributed by atoms with van der Waals surface area (Å²) in [5, 5.41) is 16.4. The second kappa shape index (κ2) is 9.57. The Morgan fingerprint density at radius 2 is 1.59 bits per heavy atom. The summed E-state index contributed by atoms with van der Waals surface area (Å²) in [6.45, 7) is 0. The van der Waals surface area contributed by atoms with Crippen LogP contribution in [0.1, 0.15) is 10.4 Å². The largest absolute Gasteiger partial charge is 0.355 e. The van der Waals surface area contributed by atoms with E-state index in [0.29, 0.717) is 22.0 Å². The highest BCUT2D eigenvalue weighted by molar-refractivity contribution is 8.00. The van der Waals surface area contributed by atoms with E-state index in [2.05, 4.69) is 20.8 Å². The lowest BCUT2D eigenvalue weighted by molar-refractivity contribution is -0.113. The molecule has 1 aromatic heterocycles. The second-order valence-electron chi connectivity index (χ2n) is 6.90. The van der Waals surface area contributed by atoms with Crippen LogP contribution < -0.4 is 10.6 Å². The number of nitrogens with one attached hydrogen (secondary N) is 2. The Hall–Kier alpha value is -3.78. The van der Waals surface area contributed by atoms with Gasteiger partial charge in [-0.05, 0) is 48.5 Å². The third kappa shape index (κ3) is 4.76. The molecule has 1 heterocycles. The van der Waals surface area contributed by atoms with Gasteiger partial charge in [-0.25, -0.2) is 4.39 Å². The molecule has 6 nitrogen and oxygen atoms in total. The number of hydrogen-bond acceptors (Lipinski definition) is 5. The Morgan fingerprint density at radius 3 is 2.28 bits per heavy atom. The minimum absolute atomic E-state index is 0.145. The zero-order valence-electron chi connectivity index (χ0n) is 17.1. The van der Waals surface area contributed by atoms with Crippen LogP contribution in [0.15, 0.2) is 77.8 Å². The fourth-order valence-electron chi connectivity index (χ4n) is 3.19. The monoisotopic (exact) mass is 446 g/mol. The normalized spacial score (nSPS) is 10.7. The Labute approximate surface area is 188 Å². The van der Waals surface area contributed by atoms with Crippen molar-refractivity contribution in [1.29, 1.82) is 0 Å². The van der Waals surface area contributed by atoms with E-state index in [-0.39, 0.29) is 23.4 Å². The smallest absolute Gasteiger partial charge is 0.251 e. The first-order valence-corrected chi connectivity index (χ1v) is 10.8. The number of fused-ring (bicyclic) bond motifs is 1. The lowest BCUT2D eigenvalue weighted by Crippen LogP contribution is -2.18. The van der Waals surface area contributed by atoms with E-state index in [1.807, 2.05) is 24.3 Å². The number of amides is 2. The zero-order chi connectivity index (χ0) is 22.5. The van der Waals surface area contributed by atoms with E-state index in [4.69, 9.17) is 0 Å². The summed E-state index contributed by atoms with van der Waals surface area (Å²) >= 11 is 1.29. The van der Waals surface area contributed by atoms with Crippen LogP contribution in [-0.2, 0) is 4.79 Å². The molecule has 2 amide bonds. The zero-order valence-corrected chi connectivity index (χ0v) is 17.9. The van der Waals surface area contributed by atoms with Crippen LogP contribution in [0.2, 0.25) is 0 Å². The topological polar surface area (TPSA) is 84.0 Å². The van der Waals surface area contributed by atoms with Crippen molar-refractivity contribution in [1.82, 2.24) is 15.5 Å². The molecule has 2 N–H and O–H groups in total. The summed E-state index contributed by atoms with van der Waals surface area (Å²) in [7, 11) is 1.56. The average Bonchev–Trinajstić information content (AvgIpc) is 2.83. The van der Waals surface area contributed by atoms with Crippen molar-refractivity contribution < 1.29 is 14.0 Å². The summed E-state index contributed by atoms with van der Waals surface area (Å²) < 4.78 is 13.3. The minimum Gasteiger partial charge on any atom is -0.355 e. The number of benzene rings is 3. The third-order valence-corrected chi connectivity index (χ3v) is 5.75. The molecular weight excluding hydrogens is 427 g/mol. The first-order valence-electron chi connectivity index (χ1n) is 9.81. The molecule has 0 radical (unpaired) electrons. The molecule has 4 aromatic rings. The minimum atomic E-state index is -0.313. The molecule has 0 fully saturated rings. The number of halogens is 1. The first kappa shape index (κ1) is 21.5. The molecule has 0 aliphatic carbocycles. The highest BCUT2D eigenvalue weighted by Gasteiger charge is 2.13. The van der Waals surface area contributed by atoms with Crippen molar-refractivity contribution in [3.8, 4) is 11.3 Å². The van der Waals surface area contributed by atoms with Crippen LogP contribution in [0.3, 0.4) is 0 Å². The molecule has 0 aliphatic rings. The van der Waals surface area contributed by atoms with Crippen molar-refractivity contribution in [2.24, 2.45) is 0 Å². The van der Waals surface area contributed by atoms with Crippen molar-refractivity contribution in [3.05, 3.63) is 84.2 Å². The van der Waals surface area contributed by atoms with Gasteiger partial charge in [0.2, 0.25) is 5.91 Å². The Bertz CT molecular complexity index is 1280. The summed E-state index contributed by atoms with van der Waals surface area (Å²) in [6.07, 6.45) is 0. The predicted molar refractivity (Wildman–Crippen MR) is 124 cm³/mol. The molecule has 3 aromatic carbocycles. The lowest BCUT2D eigenvalue weighted by atomic mass is 10.1. The van der Waals surface area contributed by atoms with Gasteiger partial charge in [0, 0.05) is 34.6 Å². The number of thioether (sulfide) groups is 1. The number of nitrogens with zero attached hydrogens (tertiary/aromatic N) is 2. The molecule has 0 atom stereocenters. The van der Waals surface area contributed by atoms with Gasteiger partial charge in [-0.2, -0.15) is 0 Å². The Balaban J connectivity index is 1.49. The molecule has 0 bridgehead atoms. The summed E-state index contributed by atoms with van der Waals surface area (Å²) in [6, 6.07) is 20.4. The van der Waals surface area contributed by atoms with Crippen molar-refractivity contribution >= 4 is 40.0 Å². The van der Waals surface area contributed by atoms with Gasteiger partial charge in [0.15, 0.2) is 0 Å². The van der Waals surface area contributed by atoms with Crippen LogP contribution in [0.5, 0.6) is 0 Å². The number of anilines is 1. The van der Waals surface area contributed by atoms with Crippen molar-refractivity contribution in [3.63, 3.8) is 0 Å². The fourth-order valence-corrected chi connectivity index (χ4v) is 3.96. The predicted octanol–water partition coefficient (Wildman–Crippen LogP) is 4.53. The maximum atomic E-state index is 13.3. The standard InChI is InChI=1S/C24H19FN4O2S/c1-26-23(31)16-8-12-18(13-9-16)27-21(30)14-32-24-20-5-3-2-4-19(20)22(28-29-24)15-6-10-17(25)11-7-15/h2-13H,14H2,1H3,(H,26,31)(H,27,30). The average molecular weight is 447 g/mol.